The van der Waals surface area contributed by atoms with Gasteiger partial charge in [0.2, 0.25) is 0 Å². The lowest BCUT2D eigenvalue weighted by Crippen LogP contribution is -2.21. The first-order valence-electron chi connectivity index (χ1n) is 4.35. The lowest BCUT2D eigenvalue weighted by molar-refractivity contribution is -0.115. The van der Waals surface area contributed by atoms with Crippen molar-refractivity contribution in [3.8, 4) is 0 Å². The van der Waals surface area contributed by atoms with E-state index in [1.54, 1.807) is 12.1 Å². The van der Waals surface area contributed by atoms with Crippen LogP contribution in [0.1, 0.15) is 5.56 Å². The molecule has 0 unspecified atom stereocenters. The third kappa shape index (κ3) is 2.28. The maximum atomic E-state index is 13.4. The highest BCUT2D eigenvalue weighted by molar-refractivity contribution is 9.10. The highest BCUT2D eigenvalue weighted by atomic mass is 79.9. The zero-order chi connectivity index (χ0) is 11.7. The predicted octanol–water partition coefficient (Wildman–Crippen LogP) is 1.93. The van der Waals surface area contributed by atoms with E-state index in [9.17, 15) is 9.18 Å². The largest absolute Gasteiger partial charge is 0.328 e. The van der Waals surface area contributed by atoms with Crippen LogP contribution in [0.3, 0.4) is 0 Å². The molecule has 0 saturated carbocycles. The summed E-state index contributed by atoms with van der Waals surface area (Å²) in [6, 6.07) is 4.49. The van der Waals surface area contributed by atoms with E-state index in [1.165, 1.54) is 12.1 Å². The van der Waals surface area contributed by atoms with E-state index in [0.717, 1.165) is 4.47 Å². The van der Waals surface area contributed by atoms with E-state index in [1.807, 2.05) is 0 Å². The summed E-state index contributed by atoms with van der Waals surface area (Å²) in [7, 11) is 0. The van der Waals surface area contributed by atoms with Gasteiger partial charge in [-0.05, 0) is 36.5 Å². The van der Waals surface area contributed by atoms with Crippen molar-refractivity contribution in [3.05, 3.63) is 39.7 Å². The highest BCUT2D eigenvalue weighted by Gasteiger charge is 2.20. The fourth-order valence-corrected chi connectivity index (χ4v) is 1.84. The Labute approximate surface area is 105 Å². The molecule has 0 bridgehead atoms. The van der Waals surface area contributed by atoms with Crippen molar-refractivity contribution in [2.45, 2.75) is 0 Å². The Morgan fingerprint density at radius 1 is 1.38 bits per heavy atom. The summed E-state index contributed by atoms with van der Waals surface area (Å²) in [5.74, 6) is -0.757. The van der Waals surface area contributed by atoms with Crippen LogP contribution < -0.4 is 10.6 Å². The van der Waals surface area contributed by atoms with Gasteiger partial charge in [-0.15, -0.1) is 0 Å². The average molecular weight is 301 g/mol. The van der Waals surface area contributed by atoms with Crippen molar-refractivity contribution < 1.29 is 9.18 Å². The molecular formula is C10H6BrFN2OS. The monoisotopic (exact) mass is 300 g/mol. The van der Waals surface area contributed by atoms with Crippen molar-refractivity contribution in [1.29, 1.82) is 0 Å². The Kier molecular flexibility index (Phi) is 3.02. The molecule has 0 aliphatic carbocycles. The summed E-state index contributed by atoms with van der Waals surface area (Å²) in [4.78, 5) is 11.3. The molecular weight excluding hydrogens is 295 g/mol. The van der Waals surface area contributed by atoms with Crippen molar-refractivity contribution in [2.24, 2.45) is 0 Å². The number of benzene rings is 1. The quantitative estimate of drug-likeness (QED) is 0.615. The van der Waals surface area contributed by atoms with Crippen LogP contribution in [0.2, 0.25) is 0 Å². The smallest absolute Gasteiger partial charge is 0.273 e. The van der Waals surface area contributed by atoms with Crippen LogP contribution in [-0.4, -0.2) is 11.0 Å². The van der Waals surface area contributed by atoms with Crippen LogP contribution in [0, 0.1) is 5.82 Å². The molecule has 82 valence electrons. The molecule has 2 N–H and O–H groups in total. The Balaban J connectivity index is 2.39. The van der Waals surface area contributed by atoms with E-state index in [0.29, 0.717) is 5.56 Å². The summed E-state index contributed by atoms with van der Waals surface area (Å²) < 4.78 is 14.1. The number of halogens is 2. The van der Waals surface area contributed by atoms with Gasteiger partial charge in [0.1, 0.15) is 11.5 Å². The van der Waals surface area contributed by atoms with Crippen LogP contribution in [0.5, 0.6) is 0 Å². The second-order valence-electron chi connectivity index (χ2n) is 3.13. The molecule has 1 fully saturated rings. The van der Waals surface area contributed by atoms with Crippen LogP contribution in [-0.2, 0) is 4.79 Å². The van der Waals surface area contributed by atoms with Gasteiger partial charge in [-0.3, -0.25) is 10.1 Å². The molecule has 0 aromatic heterocycles. The van der Waals surface area contributed by atoms with Gasteiger partial charge in [0.15, 0.2) is 5.11 Å². The summed E-state index contributed by atoms with van der Waals surface area (Å²) in [6.45, 7) is 0. The van der Waals surface area contributed by atoms with Gasteiger partial charge < -0.3 is 5.32 Å². The van der Waals surface area contributed by atoms with Crippen molar-refractivity contribution in [1.82, 2.24) is 10.6 Å². The minimum absolute atomic E-state index is 0.228. The third-order valence-electron chi connectivity index (χ3n) is 1.98. The fraction of sp³-hybridized carbons (Fsp3) is 0. The number of thiocarbonyl (C=S) groups is 1. The van der Waals surface area contributed by atoms with E-state index in [2.05, 4.69) is 26.6 Å². The lowest BCUT2D eigenvalue weighted by Gasteiger charge is -1.99. The number of hydrogen-bond acceptors (Lipinski definition) is 2. The topological polar surface area (TPSA) is 41.1 Å². The van der Waals surface area contributed by atoms with Gasteiger partial charge in [0.05, 0.1) is 0 Å². The molecule has 0 spiro atoms. The summed E-state index contributed by atoms with van der Waals surface area (Å²) >= 11 is 7.99. The van der Waals surface area contributed by atoms with Crippen LogP contribution in [0.25, 0.3) is 6.08 Å². The number of hydrogen-bond donors (Lipinski definition) is 2. The molecule has 3 nitrogen and oxygen atoms in total. The molecule has 1 aromatic carbocycles. The van der Waals surface area contributed by atoms with Gasteiger partial charge in [-0.25, -0.2) is 4.39 Å². The molecule has 1 aliphatic heterocycles. The molecule has 1 heterocycles. The third-order valence-corrected chi connectivity index (χ3v) is 2.68. The van der Waals surface area contributed by atoms with Crippen molar-refractivity contribution >= 4 is 45.2 Å². The van der Waals surface area contributed by atoms with Crippen molar-refractivity contribution in [2.75, 3.05) is 0 Å². The van der Waals surface area contributed by atoms with E-state index in [-0.39, 0.29) is 16.7 Å². The first kappa shape index (κ1) is 11.2. The number of amides is 1. The second-order valence-corrected chi connectivity index (χ2v) is 4.46. The molecule has 1 aromatic rings. The second kappa shape index (κ2) is 4.31. The number of carbonyl (C=O) groups excluding carboxylic acids is 1. The zero-order valence-electron chi connectivity index (χ0n) is 7.88. The standard InChI is InChI=1S/C10H6BrFN2OS/c11-6-1-2-7(12)5(3-6)4-8-9(15)14-10(16)13-8/h1-4H,(H2,13,14,15,16)/b8-4-. The molecule has 16 heavy (non-hydrogen) atoms. The van der Waals surface area contributed by atoms with Gasteiger partial charge in [0.25, 0.3) is 5.91 Å². The number of rotatable bonds is 1. The maximum absolute atomic E-state index is 13.4. The molecule has 1 saturated heterocycles. The maximum Gasteiger partial charge on any atom is 0.273 e. The SMILES string of the molecule is O=C1NC(=S)N/C1=C\c1cc(Br)ccc1F. The summed E-state index contributed by atoms with van der Waals surface area (Å²) in [5.41, 5.74) is 0.554. The predicted molar refractivity (Wildman–Crippen MR) is 66.0 cm³/mol. The van der Waals surface area contributed by atoms with E-state index in [4.69, 9.17) is 12.2 Å². The van der Waals surface area contributed by atoms with Crippen LogP contribution in [0.15, 0.2) is 28.4 Å². The highest BCUT2D eigenvalue weighted by Crippen LogP contribution is 2.18. The Bertz CT molecular complexity index is 516. The molecule has 2 rings (SSSR count). The van der Waals surface area contributed by atoms with Gasteiger partial charge in [-0.2, -0.15) is 0 Å². The Morgan fingerprint density at radius 2 is 2.12 bits per heavy atom. The minimum Gasteiger partial charge on any atom is -0.328 e. The lowest BCUT2D eigenvalue weighted by atomic mass is 10.2. The summed E-state index contributed by atoms with van der Waals surface area (Å²) in [6.07, 6.45) is 1.41. The minimum atomic E-state index is -0.400. The number of carbonyl (C=O) groups is 1. The molecule has 0 atom stereocenters. The normalized spacial score (nSPS) is 17.5. The van der Waals surface area contributed by atoms with Crippen LogP contribution >= 0.6 is 28.1 Å². The van der Waals surface area contributed by atoms with Gasteiger partial charge >= 0.3 is 0 Å². The average Bonchev–Trinajstić information content (AvgIpc) is 2.51. The van der Waals surface area contributed by atoms with E-state index < -0.39 is 5.82 Å². The van der Waals surface area contributed by atoms with Crippen molar-refractivity contribution in [3.63, 3.8) is 0 Å². The Morgan fingerprint density at radius 3 is 2.75 bits per heavy atom. The van der Waals surface area contributed by atoms with E-state index >= 15 is 0 Å². The van der Waals surface area contributed by atoms with Crippen LogP contribution in [0.4, 0.5) is 4.39 Å². The Hall–Kier alpha value is -1.27. The molecule has 1 amide bonds. The summed E-state index contributed by atoms with van der Waals surface area (Å²) in [5, 5.41) is 5.28. The molecule has 0 radical (unpaired) electrons. The van der Waals surface area contributed by atoms with Gasteiger partial charge in [0, 0.05) is 10.0 Å². The molecule has 1 aliphatic rings. The number of nitrogens with one attached hydrogen (secondary N) is 2. The zero-order valence-corrected chi connectivity index (χ0v) is 10.3. The molecule has 6 heteroatoms. The van der Waals surface area contributed by atoms with Gasteiger partial charge in [-0.1, -0.05) is 15.9 Å². The first-order chi connectivity index (χ1) is 7.56. The first-order valence-corrected chi connectivity index (χ1v) is 5.55. The fourth-order valence-electron chi connectivity index (χ4n) is 1.26.